The Morgan fingerprint density at radius 2 is 0.806 bits per heavy atom. The first-order valence-corrected chi connectivity index (χ1v) is 29.3. The summed E-state index contributed by atoms with van der Waals surface area (Å²) in [4.78, 5) is 48.4. The lowest BCUT2D eigenvalue weighted by Crippen LogP contribution is -2.30. The molecule has 0 fully saturated rings. The second-order valence-electron chi connectivity index (χ2n) is 18.0. The fourth-order valence-corrected chi connectivity index (χ4v) is 7.75. The molecule has 0 heterocycles. The van der Waals surface area contributed by atoms with Gasteiger partial charge in [0.25, 0.3) is 0 Å². The van der Waals surface area contributed by atoms with Gasteiger partial charge in [0.05, 0.1) is 26.2 Å². The predicted octanol–water partition coefficient (Wildman–Crippen LogP) is 16.2. The van der Waals surface area contributed by atoms with Crippen LogP contribution < -0.4 is 0 Å². The monoisotopic (exact) mass is 1030 g/mol. The van der Waals surface area contributed by atoms with E-state index in [1.54, 1.807) is 6.08 Å². The number of phosphoric acid groups is 1. The number of ether oxygens (including phenoxy) is 3. The van der Waals surface area contributed by atoms with Crippen LogP contribution in [-0.2, 0) is 42.2 Å². The van der Waals surface area contributed by atoms with Crippen LogP contribution in [0.25, 0.3) is 0 Å². The number of unbranched alkanes of at least 4 members (excludes halogenated alkanes) is 16. The summed E-state index contributed by atoms with van der Waals surface area (Å²) in [5.41, 5.74) is 0. The molecule has 0 bridgehead atoms. The van der Waals surface area contributed by atoms with Crippen LogP contribution in [0, 0.1) is 0 Å². The standard InChI is InChI=1S/C60H99O11P/c1-4-7-10-13-16-19-22-25-27-28-30-33-36-39-42-45-48-51-60(64)71-57(53-67-58(62)49-46-43-40-37-34-31-24-21-18-15-12-9-6-3)55-69-72(65,66)68-54-56(52-61)70-59(63)50-47-44-41-38-35-32-29-26-23-20-17-14-11-8-5-2/h8,11-12,15-17,19-21,24-27,29,35,38,44,47,56-57,61H,4-7,9-10,13-14,18,22-23,28,30-34,36-37,39-43,45-46,48-55H2,1-3H3,(H,65,66)/b11-8-,15-12-,19-16-,20-17-,24-21-,27-25-,29-26-,38-35-,47-44-. The molecule has 0 aliphatic rings. The second kappa shape index (κ2) is 53.4. The lowest BCUT2D eigenvalue weighted by molar-refractivity contribution is -0.161. The molecule has 0 aromatic rings. The summed E-state index contributed by atoms with van der Waals surface area (Å²) in [6.07, 6.45) is 63.6. The van der Waals surface area contributed by atoms with Gasteiger partial charge in [0.15, 0.2) is 6.10 Å². The molecular weight excluding hydrogens is 928 g/mol. The van der Waals surface area contributed by atoms with Gasteiger partial charge in [0, 0.05) is 12.8 Å². The third kappa shape index (κ3) is 51.1. The highest BCUT2D eigenvalue weighted by Crippen LogP contribution is 2.43. The zero-order chi connectivity index (χ0) is 52.7. The Hall–Kier alpha value is -3.86. The summed E-state index contributed by atoms with van der Waals surface area (Å²) < 4.78 is 39.3. The van der Waals surface area contributed by atoms with Crippen molar-refractivity contribution in [2.75, 3.05) is 26.4 Å². The molecule has 0 saturated carbocycles. The maximum absolute atomic E-state index is 12.9. The van der Waals surface area contributed by atoms with E-state index in [-0.39, 0.29) is 25.9 Å². The first-order chi connectivity index (χ1) is 35.2. The third-order valence-electron chi connectivity index (χ3n) is 11.2. The van der Waals surface area contributed by atoms with Crippen LogP contribution in [0.1, 0.15) is 213 Å². The molecule has 11 nitrogen and oxygen atoms in total. The van der Waals surface area contributed by atoms with E-state index in [1.807, 2.05) is 18.2 Å². The molecule has 3 atom stereocenters. The van der Waals surface area contributed by atoms with Gasteiger partial charge in [-0.25, -0.2) is 4.57 Å². The third-order valence-corrected chi connectivity index (χ3v) is 12.1. The smallest absolute Gasteiger partial charge is 0.462 e. The number of carbonyl (C=O) groups is 3. The SMILES string of the molecule is CC/C=C\C/C=C\C/C=C\C/C=C\C/C=C\CC(=O)OC(CO)COP(=O)(O)OCC(COC(=O)CCCCCCC/C=C\C/C=C\CCC)OC(=O)CCCCCCCCC/C=C\C/C=C\CCCCC. The number of esters is 3. The van der Waals surface area contributed by atoms with Crippen molar-refractivity contribution < 1.29 is 52.2 Å². The average molecular weight is 1030 g/mol. The number of aliphatic hydroxyl groups is 1. The summed E-state index contributed by atoms with van der Waals surface area (Å²) in [5.74, 6) is -1.64. The number of allylic oxidation sites excluding steroid dienone is 17. The molecule has 2 N–H and O–H groups in total. The Morgan fingerprint density at radius 3 is 1.28 bits per heavy atom. The van der Waals surface area contributed by atoms with E-state index >= 15 is 0 Å². The highest BCUT2D eigenvalue weighted by atomic mass is 31.2. The number of rotatable bonds is 50. The van der Waals surface area contributed by atoms with Crippen molar-refractivity contribution in [3.63, 3.8) is 0 Å². The fraction of sp³-hybridized carbons (Fsp3) is 0.650. The molecule has 72 heavy (non-hydrogen) atoms. The molecule has 0 aliphatic heterocycles. The normalized spacial score (nSPS) is 14.2. The van der Waals surface area contributed by atoms with Crippen LogP contribution in [0.15, 0.2) is 109 Å². The summed E-state index contributed by atoms with van der Waals surface area (Å²) in [5, 5.41) is 9.78. The lowest BCUT2D eigenvalue weighted by Gasteiger charge is -2.21. The van der Waals surface area contributed by atoms with Gasteiger partial charge in [0.1, 0.15) is 12.7 Å². The quantitative estimate of drug-likeness (QED) is 0.0197. The van der Waals surface area contributed by atoms with Crippen LogP contribution in [0.3, 0.4) is 0 Å². The van der Waals surface area contributed by atoms with Crippen molar-refractivity contribution in [2.45, 2.75) is 226 Å². The number of phosphoric ester groups is 1. The molecule has 0 aromatic heterocycles. The Bertz CT molecular complexity index is 1620. The van der Waals surface area contributed by atoms with E-state index in [0.717, 1.165) is 116 Å². The molecule has 0 amide bonds. The zero-order valence-electron chi connectivity index (χ0n) is 45.1. The molecule has 0 saturated heterocycles. The Morgan fingerprint density at radius 1 is 0.417 bits per heavy atom. The summed E-state index contributed by atoms with van der Waals surface area (Å²) in [6.45, 7) is 4.29. The Labute approximate surface area is 437 Å². The Balaban J connectivity index is 4.85. The molecule has 0 aliphatic carbocycles. The van der Waals surface area contributed by atoms with Crippen LogP contribution in [0.4, 0.5) is 0 Å². The van der Waals surface area contributed by atoms with Gasteiger partial charge in [-0.3, -0.25) is 23.4 Å². The average Bonchev–Trinajstić information content (AvgIpc) is 3.37. The minimum absolute atomic E-state index is 0.0610. The highest BCUT2D eigenvalue weighted by molar-refractivity contribution is 7.47. The maximum Gasteiger partial charge on any atom is 0.472 e. The summed E-state index contributed by atoms with van der Waals surface area (Å²) >= 11 is 0. The molecule has 0 aromatic carbocycles. The number of carbonyl (C=O) groups excluding carboxylic acids is 3. The van der Waals surface area contributed by atoms with Gasteiger partial charge < -0.3 is 24.2 Å². The molecular formula is C60H99O11P. The van der Waals surface area contributed by atoms with Crippen molar-refractivity contribution in [2.24, 2.45) is 0 Å². The van der Waals surface area contributed by atoms with Gasteiger partial charge in [-0.1, -0.05) is 201 Å². The van der Waals surface area contributed by atoms with E-state index in [9.17, 15) is 28.9 Å². The van der Waals surface area contributed by atoms with Crippen LogP contribution in [0.5, 0.6) is 0 Å². The molecule has 0 radical (unpaired) electrons. The Kier molecular flexibility index (Phi) is 50.6. The highest BCUT2D eigenvalue weighted by Gasteiger charge is 2.28. The number of hydrogen-bond acceptors (Lipinski definition) is 10. The van der Waals surface area contributed by atoms with Crippen LogP contribution in [-0.4, -0.2) is 66.5 Å². The van der Waals surface area contributed by atoms with Crippen LogP contribution >= 0.6 is 7.82 Å². The van der Waals surface area contributed by atoms with E-state index < -0.39 is 57.8 Å². The minimum atomic E-state index is -4.78. The topological polar surface area (TPSA) is 155 Å². The van der Waals surface area contributed by atoms with Gasteiger partial charge in [-0.15, -0.1) is 0 Å². The summed E-state index contributed by atoms with van der Waals surface area (Å²) in [6, 6.07) is 0. The number of hydrogen-bond donors (Lipinski definition) is 2. The largest absolute Gasteiger partial charge is 0.472 e. The van der Waals surface area contributed by atoms with Crippen molar-refractivity contribution in [1.29, 1.82) is 0 Å². The predicted molar refractivity (Wildman–Crippen MR) is 297 cm³/mol. The van der Waals surface area contributed by atoms with Crippen molar-refractivity contribution in [3.8, 4) is 0 Å². The zero-order valence-corrected chi connectivity index (χ0v) is 46.0. The van der Waals surface area contributed by atoms with E-state index in [0.29, 0.717) is 19.3 Å². The van der Waals surface area contributed by atoms with E-state index in [1.165, 1.54) is 38.5 Å². The van der Waals surface area contributed by atoms with Gasteiger partial charge >= 0.3 is 25.7 Å². The second-order valence-corrected chi connectivity index (χ2v) is 19.5. The van der Waals surface area contributed by atoms with E-state index in [2.05, 4.69) is 106 Å². The van der Waals surface area contributed by atoms with Crippen molar-refractivity contribution in [3.05, 3.63) is 109 Å². The van der Waals surface area contributed by atoms with Gasteiger partial charge in [-0.2, -0.15) is 0 Å². The van der Waals surface area contributed by atoms with Gasteiger partial charge in [-0.05, 0) is 103 Å². The molecule has 410 valence electrons. The molecule has 0 spiro atoms. The van der Waals surface area contributed by atoms with E-state index in [4.69, 9.17) is 23.3 Å². The number of aliphatic hydroxyl groups excluding tert-OH is 1. The maximum atomic E-state index is 12.9. The minimum Gasteiger partial charge on any atom is -0.462 e. The molecule has 0 rings (SSSR count). The van der Waals surface area contributed by atoms with Crippen LogP contribution in [0.2, 0.25) is 0 Å². The lowest BCUT2D eigenvalue weighted by atomic mass is 10.1. The van der Waals surface area contributed by atoms with Gasteiger partial charge in [0.2, 0.25) is 0 Å². The fourth-order valence-electron chi connectivity index (χ4n) is 6.97. The molecule has 3 unspecified atom stereocenters. The van der Waals surface area contributed by atoms with Crippen molar-refractivity contribution >= 4 is 25.7 Å². The molecule has 12 heteroatoms. The van der Waals surface area contributed by atoms with Crippen molar-refractivity contribution in [1.82, 2.24) is 0 Å². The first-order valence-electron chi connectivity index (χ1n) is 27.8. The first kappa shape index (κ1) is 68.1. The summed E-state index contributed by atoms with van der Waals surface area (Å²) in [7, 11) is -4.78.